The molecule has 0 spiro atoms. The van der Waals surface area contributed by atoms with E-state index in [0.717, 1.165) is 0 Å². The molecule has 0 aromatic heterocycles. The van der Waals surface area contributed by atoms with E-state index >= 15 is 0 Å². The molecular formula is H3AgCaClO. The van der Waals surface area contributed by atoms with Gasteiger partial charge in [0.2, 0.25) is 0 Å². The minimum atomic E-state index is 0. The summed E-state index contributed by atoms with van der Waals surface area (Å²) in [5.41, 5.74) is 0. The van der Waals surface area contributed by atoms with Gasteiger partial charge in [-0.1, -0.05) is 0 Å². The topological polar surface area (TPSA) is 20.2 Å². The molecule has 0 amide bonds. The Morgan fingerprint density at radius 2 is 1.50 bits per heavy atom. The van der Waals surface area contributed by atoms with Crippen molar-refractivity contribution in [3.63, 3.8) is 0 Å². The van der Waals surface area contributed by atoms with Crippen LogP contribution in [0.4, 0.5) is 0 Å². The Bertz CT molecular complexity index is 13.5. The summed E-state index contributed by atoms with van der Waals surface area (Å²) in [6.45, 7) is 0. The monoisotopic (exact) mass is 201 g/mol. The molecule has 0 atom stereocenters. The summed E-state index contributed by atoms with van der Waals surface area (Å²) in [5.74, 6) is 0. The Kier molecular flexibility index (Phi) is 76.4. The first-order valence-electron chi connectivity index (χ1n) is 0.169. The second-order valence-corrected chi connectivity index (χ2v) is 0. The van der Waals surface area contributed by atoms with E-state index in [1.807, 2.05) is 0 Å². The summed E-state index contributed by atoms with van der Waals surface area (Å²) in [7, 11) is 0. The fourth-order valence-corrected chi connectivity index (χ4v) is 0. The van der Waals surface area contributed by atoms with E-state index in [0.29, 0.717) is 0 Å². The van der Waals surface area contributed by atoms with Gasteiger partial charge in [-0.3, -0.25) is 4.66 Å². The minimum Gasteiger partial charge on any atom is -1.00 e. The van der Waals surface area contributed by atoms with Gasteiger partial charge in [0.1, 0.15) is 0 Å². The van der Waals surface area contributed by atoms with Gasteiger partial charge in [0, 0.05) is 22.4 Å². The van der Waals surface area contributed by atoms with Gasteiger partial charge in [0.15, 0.2) is 0 Å². The largest absolute Gasteiger partial charge is 2.00 e. The molecule has 4 heteroatoms. The molecule has 1 radical (unpaired) electrons. The number of rotatable bonds is 0. The zero-order chi connectivity index (χ0) is 2.00. The minimum absolute atomic E-state index is 0. The molecule has 0 aliphatic carbocycles. The van der Waals surface area contributed by atoms with Crippen LogP contribution in [0, 0.1) is 0 Å². The SMILES string of the molecule is OCl.[Ag].[Ca+2].[H-].[H-]. The molecule has 0 saturated carbocycles. The molecule has 0 aliphatic heterocycles. The van der Waals surface area contributed by atoms with E-state index in [9.17, 15) is 0 Å². The zero-order valence-electron chi connectivity index (χ0n) is 3.83. The summed E-state index contributed by atoms with van der Waals surface area (Å²) < 4.78 is 6.47. The van der Waals surface area contributed by atoms with Crippen molar-refractivity contribution in [3.05, 3.63) is 0 Å². The van der Waals surface area contributed by atoms with E-state index in [1.54, 1.807) is 0 Å². The molecule has 4 heavy (non-hydrogen) atoms. The first-order chi connectivity index (χ1) is 1.00. The summed E-state index contributed by atoms with van der Waals surface area (Å²) >= 11 is 3.64. The van der Waals surface area contributed by atoms with Crippen LogP contribution in [0.25, 0.3) is 0 Å². The summed E-state index contributed by atoms with van der Waals surface area (Å²) in [6, 6.07) is 0. The molecule has 0 bridgehead atoms. The van der Waals surface area contributed by atoms with Crippen molar-refractivity contribution in [1.82, 2.24) is 0 Å². The molecule has 0 heterocycles. The van der Waals surface area contributed by atoms with E-state index in [-0.39, 0.29) is 63.0 Å². The smallest absolute Gasteiger partial charge is 1.00 e. The van der Waals surface area contributed by atoms with Crippen LogP contribution in [0.3, 0.4) is 0 Å². The van der Waals surface area contributed by atoms with Gasteiger partial charge >= 0.3 is 37.7 Å². The Balaban J connectivity index is -0.000000000833. The van der Waals surface area contributed by atoms with E-state index < -0.39 is 0 Å². The van der Waals surface area contributed by atoms with Gasteiger partial charge in [-0.15, -0.1) is 0 Å². The molecule has 1 N–H and O–H groups in total. The normalized spacial score (nSPS) is 1.50. The predicted octanol–water partition coefficient (Wildman–Crippen LogP) is -0.0258. The third-order valence-corrected chi connectivity index (χ3v) is 0. The van der Waals surface area contributed by atoms with Crippen molar-refractivity contribution < 1.29 is 29.9 Å². The van der Waals surface area contributed by atoms with Crippen molar-refractivity contribution in [2.75, 3.05) is 0 Å². The standard InChI is InChI=1S/Ag.Ca.ClHO.2H/c;;1-2;;/h;;2H;;/q;+2;;2*-1. The molecule has 29 valence electrons. The molecule has 0 aromatic rings. The number of hydrogen-bond donors (Lipinski definition) is 1. The third kappa shape index (κ3) is 8.87. The van der Waals surface area contributed by atoms with E-state index in [2.05, 4.69) is 11.9 Å². The van der Waals surface area contributed by atoms with Gasteiger partial charge in [0.05, 0.1) is 11.9 Å². The van der Waals surface area contributed by atoms with Crippen molar-refractivity contribution in [1.29, 1.82) is 0 Å². The Labute approximate surface area is 78.4 Å². The predicted molar refractivity (Wildman–Crippen MR) is 16.0 cm³/mol. The summed E-state index contributed by atoms with van der Waals surface area (Å²) in [4.78, 5) is 0. The molecule has 1 nitrogen and oxygen atoms in total. The average molecular weight is 202 g/mol. The van der Waals surface area contributed by atoms with Crippen molar-refractivity contribution >= 4 is 49.6 Å². The Hall–Kier alpha value is 2.25. The van der Waals surface area contributed by atoms with Crippen LogP contribution in [0.5, 0.6) is 0 Å². The Morgan fingerprint density at radius 3 is 1.50 bits per heavy atom. The van der Waals surface area contributed by atoms with Crippen LogP contribution in [0.15, 0.2) is 0 Å². The second-order valence-electron chi connectivity index (χ2n) is 0. The molecule has 0 aliphatic rings. The van der Waals surface area contributed by atoms with Crippen LogP contribution in [0.2, 0.25) is 0 Å². The fraction of sp³-hybridized carbons (Fsp3) is 0. The van der Waals surface area contributed by atoms with Crippen LogP contribution in [-0.4, -0.2) is 42.4 Å². The first-order valence-corrected chi connectivity index (χ1v) is 0.507. The second kappa shape index (κ2) is 18.7. The third-order valence-electron chi connectivity index (χ3n) is 0. The van der Waals surface area contributed by atoms with Gasteiger partial charge in [0.25, 0.3) is 0 Å². The Morgan fingerprint density at radius 1 is 1.50 bits per heavy atom. The van der Waals surface area contributed by atoms with E-state index in [4.69, 9.17) is 4.66 Å². The maximum absolute atomic E-state index is 6.47. The van der Waals surface area contributed by atoms with Crippen LogP contribution in [-0.2, 0) is 22.4 Å². The average Bonchev–Trinajstić information content (AvgIpc) is 1.00. The molecule has 0 saturated heterocycles. The maximum atomic E-state index is 6.47. The molecular weight excluding hydrogens is 199 g/mol. The van der Waals surface area contributed by atoms with Gasteiger partial charge in [-0.25, -0.2) is 0 Å². The van der Waals surface area contributed by atoms with Crippen molar-refractivity contribution in [2.24, 2.45) is 0 Å². The molecule has 0 unspecified atom stereocenters. The fourth-order valence-electron chi connectivity index (χ4n) is 0. The van der Waals surface area contributed by atoms with Crippen molar-refractivity contribution in [3.8, 4) is 0 Å². The van der Waals surface area contributed by atoms with Crippen LogP contribution >= 0.6 is 11.9 Å². The van der Waals surface area contributed by atoms with E-state index in [1.165, 1.54) is 0 Å². The number of hydrogen-bond acceptors (Lipinski definition) is 1. The van der Waals surface area contributed by atoms with Crippen LogP contribution < -0.4 is 0 Å². The van der Waals surface area contributed by atoms with Gasteiger partial charge in [-0.05, 0) is 0 Å². The summed E-state index contributed by atoms with van der Waals surface area (Å²) in [6.07, 6.45) is 0. The molecule has 0 rings (SSSR count). The van der Waals surface area contributed by atoms with Crippen LogP contribution in [0.1, 0.15) is 2.85 Å². The maximum Gasteiger partial charge on any atom is 2.00 e. The summed E-state index contributed by atoms with van der Waals surface area (Å²) in [5, 5.41) is 0. The quantitative estimate of drug-likeness (QED) is 0.547. The van der Waals surface area contributed by atoms with Gasteiger partial charge in [-0.2, -0.15) is 0 Å². The zero-order valence-corrected chi connectivity index (χ0v) is 6.28. The van der Waals surface area contributed by atoms with Crippen molar-refractivity contribution in [2.45, 2.75) is 0 Å². The number of halogens is 1. The molecule has 0 fully saturated rings. The van der Waals surface area contributed by atoms with Gasteiger partial charge < -0.3 is 2.85 Å². The first kappa shape index (κ1) is 16.3. The molecule has 0 aromatic carbocycles.